The van der Waals surface area contributed by atoms with Crippen LogP contribution >= 0.6 is 0 Å². The zero-order valence-electron chi connectivity index (χ0n) is 15.7. The van der Waals surface area contributed by atoms with Crippen molar-refractivity contribution < 1.29 is 19.1 Å². The van der Waals surface area contributed by atoms with Crippen LogP contribution in [0.3, 0.4) is 0 Å². The van der Waals surface area contributed by atoms with Gasteiger partial charge in [-0.05, 0) is 70.1 Å². The summed E-state index contributed by atoms with van der Waals surface area (Å²) in [6.45, 7) is 2.26. The summed E-state index contributed by atoms with van der Waals surface area (Å²) in [5.41, 5.74) is 0. The second-order valence-electron chi connectivity index (χ2n) is 8.56. The van der Waals surface area contributed by atoms with Crippen LogP contribution in [0.5, 0.6) is 0 Å². The maximum atomic E-state index is 12.3. The van der Waals surface area contributed by atoms with E-state index in [0.29, 0.717) is 0 Å². The van der Waals surface area contributed by atoms with Crippen LogP contribution in [-0.2, 0) is 19.1 Å². The molecule has 0 unspecified atom stereocenters. The Morgan fingerprint density at radius 1 is 0.600 bits per heavy atom. The second-order valence-corrected chi connectivity index (χ2v) is 8.56. The van der Waals surface area contributed by atoms with Crippen molar-refractivity contribution in [2.24, 2.45) is 17.8 Å². The molecule has 3 aliphatic rings. The Morgan fingerprint density at radius 2 is 1.04 bits per heavy atom. The van der Waals surface area contributed by atoms with E-state index in [1.165, 1.54) is 6.42 Å². The van der Waals surface area contributed by atoms with Crippen LogP contribution in [0.2, 0.25) is 0 Å². The van der Waals surface area contributed by atoms with E-state index in [1.54, 1.807) is 0 Å². The fourth-order valence-electron chi connectivity index (χ4n) is 4.62. The summed E-state index contributed by atoms with van der Waals surface area (Å²) in [6.07, 6.45) is 13.2. The highest BCUT2D eigenvalue weighted by atomic mass is 16.6. The lowest BCUT2D eigenvalue weighted by Crippen LogP contribution is -2.33. The lowest BCUT2D eigenvalue weighted by molar-refractivity contribution is -0.164. The Labute approximate surface area is 152 Å². The average molecular weight is 350 g/mol. The molecule has 0 aromatic rings. The van der Waals surface area contributed by atoms with Crippen molar-refractivity contribution >= 4 is 11.9 Å². The van der Waals surface area contributed by atoms with Crippen LogP contribution in [0.25, 0.3) is 0 Å². The minimum absolute atomic E-state index is 0.00884. The van der Waals surface area contributed by atoms with Crippen LogP contribution in [0, 0.1) is 17.8 Å². The molecule has 142 valence electrons. The molecule has 4 heteroatoms. The number of hydrogen-bond donors (Lipinski definition) is 0. The van der Waals surface area contributed by atoms with E-state index in [1.807, 2.05) is 0 Å². The third-order valence-corrected chi connectivity index (χ3v) is 6.47. The number of rotatable bonds is 4. The Hall–Kier alpha value is -1.06. The molecular formula is C21H34O4. The zero-order valence-corrected chi connectivity index (χ0v) is 15.7. The van der Waals surface area contributed by atoms with Gasteiger partial charge in [0.2, 0.25) is 0 Å². The fraction of sp³-hybridized carbons (Fsp3) is 0.905. The van der Waals surface area contributed by atoms with Gasteiger partial charge in [-0.15, -0.1) is 0 Å². The van der Waals surface area contributed by atoms with Gasteiger partial charge >= 0.3 is 11.9 Å². The highest BCUT2D eigenvalue weighted by Gasteiger charge is 2.32. The number of esters is 2. The summed E-state index contributed by atoms with van der Waals surface area (Å²) in [6, 6.07) is 0. The first-order valence-corrected chi connectivity index (χ1v) is 10.5. The van der Waals surface area contributed by atoms with E-state index >= 15 is 0 Å². The summed E-state index contributed by atoms with van der Waals surface area (Å²) in [4.78, 5) is 24.6. The van der Waals surface area contributed by atoms with Gasteiger partial charge in [-0.3, -0.25) is 9.59 Å². The number of carbonyl (C=O) groups is 2. The molecule has 0 bridgehead atoms. The molecule has 4 nitrogen and oxygen atoms in total. The van der Waals surface area contributed by atoms with Crippen LogP contribution in [0.1, 0.15) is 90.4 Å². The van der Waals surface area contributed by atoms with Crippen LogP contribution in [-0.4, -0.2) is 24.1 Å². The molecule has 0 radical (unpaired) electrons. The standard InChI is InChI=1S/C21H34O4/c1-15-7-9-17(10-8-15)21(23)25-19-13-11-18(12-14-19)24-20(22)16-5-3-2-4-6-16/h15-19H,2-14H2,1H3. The monoisotopic (exact) mass is 350 g/mol. The van der Waals surface area contributed by atoms with Gasteiger partial charge in [0.15, 0.2) is 0 Å². The van der Waals surface area contributed by atoms with Crippen molar-refractivity contribution in [1.82, 2.24) is 0 Å². The average Bonchev–Trinajstić information content (AvgIpc) is 2.64. The maximum absolute atomic E-state index is 12.3. The van der Waals surface area contributed by atoms with Crippen LogP contribution in [0.4, 0.5) is 0 Å². The molecule has 0 amide bonds. The maximum Gasteiger partial charge on any atom is 0.309 e. The fourth-order valence-corrected chi connectivity index (χ4v) is 4.62. The van der Waals surface area contributed by atoms with E-state index in [0.717, 1.165) is 83.0 Å². The van der Waals surface area contributed by atoms with Crippen molar-refractivity contribution in [1.29, 1.82) is 0 Å². The summed E-state index contributed by atoms with van der Waals surface area (Å²) >= 11 is 0. The van der Waals surface area contributed by atoms with E-state index in [9.17, 15) is 9.59 Å². The second kappa shape index (κ2) is 9.05. The number of hydrogen-bond acceptors (Lipinski definition) is 4. The largest absolute Gasteiger partial charge is 0.462 e. The Morgan fingerprint density at radius 3 is 1.52 bits per heavy atom. The van der Waals surface area contributed by atoms with Gasteiger partial charge in [-0.1, -0.05) is 26.2 Å². The van der Waals surface area contributed by atoms with Crippen molar-refractivity contribution in [3.63, 3.8) is 0 Å². The van der Waals surface area contributed by atoms with E-state index < -0.39 is 0 Å². The lowest BCUT2D eigenvalue weighted by Gasteiger charge is -2.31. The van der Waals surface area contributed by atoms with Crippen LogP contribution in [0.15, 0.2) is 0 Å². The molecule has 3 aliphatic carbocycles. The molecule has 0 aromatic carbocycles. The smallest absolute Gasteiger partial charge is 0.309 e. The zero-order chi connectivity index (χ0) is 17.6. The molecule has 0 aliphatic heterocycles. The third kappa shape index (κ3) is 5.46. The van der Waals surface area contributed by atoms with Gasteiger partial charge in [0.25, 0.3) is 0 Å². The molecule has 3 fully saturated rings. The molecule has 0 saturated heterocycles. The van der Waals surface area contributed by atoms with E-state index in [2.05, 4.69) is 6.92 Å². The topological polar surface area (TPSA) is 52.6 Å². The molecule has 0 aromatic heterocycles. The summed E-state index contributed by atoms with van der Waals surface area (Å²) in [7, 11) is 0. The Kier molecular flexibility index (Phi) is 6.77. The van der Waals surface area contributed by atoms with Crippen molar-refractivity contribution in [2.75, 3.05) is 0 Å². The van der Waals surface area contributed by atoms with E-state index in [-0.39, 0.29) is 36.0 Å². The SMILES string of the molecule is CC1CCC(C(=O)OC2CCC(OC(=O)C3CCCCC3)CC2)CC1. The molecule has 0 spiro atoms. The minimum atomic E-state index is 0.00884. The predicted molar refractivity (Wildman–Crippen MR) is 95.9 cm³/mol. The molecule has 25 heavy (non-hydrogen) atoms. The van der Waals surface area contributed by atoms with Gasteiger partial charge < -0.3 is 9.47 Å². The Balaban J connectivity index is 1.35. The van der Waals surface area contributed by atoms with E-state index in [4.69, 9.17) is 9.47 Å². The summed E-state index contributed by atoms with van der Waals surface area (Å²) in [5, 5.41) is 0. The van der Waals surface area contributed by atoms with Crippen LogP contribution < -0.4 is 0 Å². The normalized spacial score (nSPS) is 34.3. The van der Waals surface area contributed by atoms with Gasteiger partial charge in [0, 0.05) is 0 Å². The Bertz CT molecular complexity index is 439. The molecule has 3 rings (SSSR count). The van der Waals surface area contributed by atoms with Gasteiger partial charge in [-0.2, -0.15) is 0 Å². The molecule has 0 N–H and O–H groups in total. The van der Waals surface area contributed by atoms with Crippen molar-refractivity contribution in [2.45, 2.75) is 103 Å². The molecule has 0 atom stereocenters. The quantitative estimate of drug-likeness (QED) is 0.684. The predicted octanol–water partition coefficient (Wildman–Crippen LogP) is 4.79. The molecule has 0 heterocycles. The van der Waals surface area contributed by atoms with Gasteiger partial charge in [-0.25, -0.2) is 0 Å². The summed E-state index contributed by atoms with van der Waals surface area (Å²) < 4.78 is 11.5. The van der Waals surface area contributed by atoms with Gasteiger partial charge in [0.1, 0.15) is 12.2 Å². The first-order chi connectivity index (χ1) is 12.1. The lowest BCUT2D eigenvalue weighted by atomic mass is 9.83. The minimum Gasteiger partial charge on any atom is -0.462 e. The molecule has 3 saturated carbocycles. The number of ether oxygens (including phenoxy) is 2. The van der Waals surface area contributed by atoms with Crippen molar-refractivity contribution in [3.05, 3.63) is 0 Å². The third-order valence-electron chi connectivity index (χ3n) is 6.47. The number of carbonyl (C=O) groups excluding carboxylic acids is 2. The highest BCUT2D eigenvalue weighted by Crippen LogP contribution is 2.32. The first kappa shape index (κ1) is 18.7. The molecular weight excluding hydrogens is 316 g/mol. The van der Waals surface area contributed by atoms with Crippen molar-refractivity contribution in [3.8, 4) is 0 Å². The highest BCUT2D eigenvalue weighted by molar-refractivity contribution is 5.73. The van der Waals surface area contributed by atoms with Gasteiger partial charge in [0.05, 0.1) is 11.8 Å². The summed E-state index contributed by atoms with van der Waals surface area (Å²) in [5.74, 6) is 1.00. The first-order valence-electron chi connectivity index (χ1n) is 10.5.